The predicted molar refractivity (Wildman–Crippen MR) is 71.3 cm³/mol. The Morgan fingerprint density at radius 1 is 1.19 bits per heavy atom. The van der Waals surface area contributed by atoms with Gasteiger partial charge in [0.2, 0.25) is 0 Å². The summed E-state index contributed by atoms with van der Waals surface area (Å²) in [6.45, 7) is 4.42. The maximum atomic E-state index is 4.26. The fourth-order valence-electron chi connectivity index (χ4n) is 2.02. The Labute approximate surface area is 98.8 Å². The van der Waals surface area contributed by atoms with Crippen molar-refractivity contribution >= 4 is 5.84 Å². The number of aliphatic imine (C=N–C) groups is 1. The first kappa shape index (κ1) is 12.8. The third-order valence-corrected chi connectivity index (χ3v) is 3.03. The van der Waals surface area contributed by atoms with Crippen molar-refractivity contribution in [2.24, 2.45) is 4.99 Å². The molecule has 1 rings (SSSR count). The van der Waals surface area contributed by atoms with Gasteiger partial charge in [-0.2, -0.15) is 0 Å². The fraction of sp³-hybridized carbons (Fsp3) is 0.500. The van der Waals surface area contributed by atoms with E-state index in [4.69, 9.17) is 0 Å². The molecule has 0 bridgehead atoms. The molecule has 1 aromatic rings. The number of aryl methyl sites for hydroxylation is 2. The molecule has 0 aromatic heterocycles. The molecule has 0 aliphatic rings. The summed E-state index contributed by atoms with van der Waals surface area (Å²) >= 11 is 0. The van der Waals surface area contributed by atoms with Gasteiger partial charge in [0.05, 0.1) is 0 Å². The van der Waals surface area contributed by atoms with Crippen molar-refractivity contribution in [3.05, 3.63) is 34.9 Å². The summed E-state index contributed by atoms with van der Waals surface area (Å²) in [5.74, 6) is 1.05. The van der Waals surface area contributed by atoms with E-state index in [1.54, 1.807) is 0 Å². The zero-order valence-corrected chi connectivity index (χ0v) is 10.8. The van der Waals surface area contributed by atoms with Gasteiger partial charge in [-0.3, -0.25) is 4.99 Å². The maximum absolute atomic E-state index is 4.26. The van der Waals surface area contributed by atoms with Gasteiger partial charge in [-0.05, 0) is 29.5 Å². The second-order valence-electron chi connectivity index (χ2n) is 3.86. The molecule has 2 heteroatoms. The molecule has 0 atom stereocenters. The lowest BCUT2D eigenvalue weighted by atomic mass is 9.95. The van der Waals surface area contributed by atoms with Crippen molar-refractivity contribution in [3.63, 3.8) is 0 Å². The number of benzene rings is 1. The van der Waals surface area contributed by atoms with E-state index in [0.717, 1.165) is 25.1 Å². The minimum absolute atomic E-state index is 0.917. The molecule has 0 amide bonds. The number of nitrogens with one attached hydrogen (secondary N) is 1. The van der Waals surface area contributed by atoms with Gasteiger partial charge in [0.15, 0.2) is 0 Å². The largest absolute Gasteiger partial charge is 0.377 e. The quantitative estimate of drug-likeness (QED) is 0.609. The topological polar surface area (TPSA) is 24.4 Å². The first-order valence-electron chi connectivity index (χ1n) is 5.99. The van der Waals surface area contributed by atoms with Crippen molar-refractivity contribution in [1.29, 1.82) is 0 Å². The molecule has 0 heterocycles. The van der Waals surface area contributed by atoms with Crippen LogP contribution in [0.5, 0.6) is 0 Å². The number of amidine groups is 1. The lowest BCUT2D eigenvalue weighted by molar-refractivity contribution is 0.998. The van der Waals surface area contributed by atoms with E-state index in [1.165, 1.54) is 16.7 Å². The highest BCUT2D eigenvalue weighted by atomic mass is 14.9. The zero-order valence-electron chi connectivity index (χ0n) is 10.8. The van der Waals surface area contributed by atoms with Crippen LogP contribution in [0.25, 0.3) is 0 Å². The lowest BCUT2D eigenvalue weighted by Crippen LogP contribution is -2.22. The van der Waals surface area contributed by atoms with Gasteiger partial charge in [-0.25, -0.2) is 0 Å². The molecule has 0 spiro atoms. The van der Waals surface area contributed by atoms with Crippen molar-refractivity contribution in [2.75, 3.05) is 14.1 Å². The maximum Gasteiger partial charge on any atom is 0.100 e. The van der Waals surface area contributed by atoms with Crippen LogP contribution in [-0.4, -0.2) is 19.9 Å². The molecular weight excluding hydrogens is 196 g/mol. The first-order chi connectivity index (χ1) is 7.76. The van der Waals surface area contributed by atoms with E-state index in [-0.39, 0.29) is 0 Å². The van der Waals surface area contributed by atoms with Crippen LogP contribution in [0, 0.1) is 0 Å². The molecule has 0 unspecified atom stereocenters. The van der Waals surface area contributed by atoms with Crippen LogP contribution in [0.4, 0.5) is 0 Å². The third kappa shape index (κ3) is 2.84. The number of likely N-dealkylation sites (N-methyl/N-ethyl adjacent to an activating group) is 1. The predicted octanol–water partition coefficient (Wildman–Crippen LogP) is 2.60. The van der Waals surface area contributed by atoms with Gasteiger partial charge in [0.25, 0.3) is 0 Å². The van der Waals surface area contributed by atoms with Gasteiger partial charge < -0.3 is 5.32 Å². The molecule has 1 N–H and O–H groups in total. The Hall–Kier alpha value is -1.31. The Morgan fingerprint density at radius 3 is 2.12 bits per heavy atom. The van der Waals surface area contributed by atoms with Crippen molar-refractivity contribution in [2.45, 2.75) is 33.1 Å². The molecule has 88 valence electrons. The number of rotatable bonds is 4. The van der Waals surface area contributed by atoms with Crippen molar-refractivity contribution < 1.29 is 0 Å². The normalized spacial score (nSPS) is 11.6. The highest BCUT2D eigenvalue weighted by Crippen LogP contribution is 2.17. The molecule has 0 aliphatic carbocycles. The van der Waals surface area contributed by atoms with Crippen molar-refractivity contribution in [1.82, 2.24) is 5.32 Å². The van der Waals surface area contributed by atoms with Crippen LogP contribution < -0.4 is 5.32 Å². The molecule has 0 radical (unpaired) electrons. The Balaban J connectivity index is 3.08. The highest BCUT2D eigenvalue weighted by molar-refractivity contribution is 5.84. The van der Waals surface area contributed by atoms with Crippen LogP contribution in [0.2, 0.25) is 0 Å². The van der Waals surface area contributed by atoms with E-state index < -0.39 is 0 Å². The van der Waals surface area contributed by atoms with Crippen LogP contribution >= 0.6 is 0 Å². The Morgan fingerprint density at radius 2 is 1.75 bits per heavy atom. The molecule has 1 aromatic carbocycles. The average molecular weight is 218 g/mol. The van der Waals surface area contributed by atoms with E-state index in [9.17, 15) is 0 Å². The van der Waals surface area contributed by atoms with E-state index in [0.29, 0.717) is 0 Å². The lowest BCUT2D eigenvalue weighted by Gasteiger charge is -2.14. The third-order valence-electron chi connectivity index (χ3n) is 3.03. The number of hydrogen-bond acceptors (Lipinski definition) is 1. The summed E-state index contributed by atoms with van der Waals surface area (Å²) in [6.07, 6.45) is 3.09. The van der Waals surface area contributed by atoms with Crippen molar-refractivity contribution in [3.8, 4) is 0 Å². The summed E-state index contributed by atoms with van der Waals surface area (Å²) in [7, 11) is 3.77. The molecule has 2 nitrogen and oxygen atoms in total. The summed E-state index contributed by atoms with van der Waals surface area (Å²) in [5.41, 5.74) is 4.33. The van der Waals surface area contributed by atoms with Gasteiger partial charge in [0, 0.05) is 20.5 Å². The van der Waals surface area contributed by atoms with Gasteiger partial charge in [-0.15, -0.1) is 0 Å². The molecule has 0 saturated heterocycles. The molecule has 0 saturated carbocycles. The minimum atomic E-state index is 0.917. The van der Waals surface area contributed by atoms with Crippen LogP contribution in [0.3, 0.4) is 0 Å². The number of hydrogen-bond donors (Lipinski definition) is 1. The smallest absolute Gasteiger partial charge is 0.100 e. The first-order valence-corrected chi connectivity index (χ1v) is 5.99. The summed E-state index contributed by atoms with van der Waals surface area (Å²) in [4.78, 5) is 4.26. The standard InChI is InChI=1S/C14H22N2/c1-5-11-8-7-9-12(6-2)13(11)10-14(15-3)16-4/h7-9H,5-6,10H2,1-4H3,(H,15,16). The minimum Gasteiger partial charge on any atom is -0.377 e. The zero-order chi connectivity index (χ0) is 12.0. The summed E-state index contributed by atoms with van der Waals surface area (Å²) in [5, 5.41) is 3.15. The average Bonchev–Trinajstić information content (AvgIpc) is 2.35. The summed E-state index contributed by atoms with van der Waals surface area (Å²) < 4.78 is 0. The van der Waals surface area contributed by atoms with Gasteiger partial charge in [0.1, 0.15) is 5.84 Å². The molecule has 0 fully saturated rings. The monoisotopic (exact) mass is 218 g/mol. The van der Waals surface area contributed by atoms with Crippen LogP contribution in [-0.2, 0) is 19.3 Å². The van der Waals surface area contributed by atoms with Crippen LogP contribution in [0.15, 0.2) is 23.2 Å². The number of nitrogens with zero attached hydrogens (tertiary/aromatic N) is 1. The van der Waals surface area contributed by atoms with E-state index in [1.807, 2.05) is 14.1 Å². The molecule has 16 heavy (non-hydrogen) atoms. The fourth-order valence-corrected chi connectivity index (χ4v) is 2.02. The molecular formula is C14H22N2. The Kier molecular flexibility index (Phi) is 5.03. The summed E-state index contributed by atoms with van der Waals surface area (Å²) in [6, 6.07) is 6.60. The second-order valence-corrected chi connectivity index (χ2v) is 3.86. The Bertz CT molecular complexity index is 345. The van der Waals surface area contributed by atoms with Crippen LogP contribution in [0.1, 0.15) is 30.5 Å². The molecule has 0 aliphatic heterocycles. The van der Waals surface area contributed by atoms with E-state index in [2.05, 4.69) is 42.4 Å². The van der Waals surface area contributed by atoms with Gasteiger partial charge in [-0.1, -0.05) is 32.0 Å². The SMILES string of the molecule is CCc1cccc(CC)c1CC(=NC)NC. The highest BCUT2D eigenvalue weighted by Gasteiger charge is 2.08. The van der Waals surface area contributed by atoms with E-state index >= 15 is 0 Å². The second kappa shape index (κ2) is 6.31. The van der Waals surface area contributed by atoms with Gasteiger partial charge >= 0.3 is 0 Å².